The zero-order valence-corrected chi connectivity index (χ0v) is 11.9. The van der Waals surface area contributed by atoms with Crippen molar-refractivity contribution in [2.24, 2.45) is 0 Å². The van der Waals surface area contributed by atoms with E-state index in [1.807, 2.05) is 18.7 Å². The van der Waals surface area contributed by atoms with Crippen LogP contribution in [-0.4, -0.2) is 28.1 Å². The van der Waals surface area contributed by atoms with E-state index in [1.165, 1.54) is 0 Å². The largest absolute Gasteiger partial charge is 0.478 e. The van der Waals surface area contributed by atoms with E-state index in [0.717, 1.165) is 31.4 Å². The second-order valence-corrected chi connectivity index (χ2v) is 5.42. The van der Waals surface area contributed by atoms with E-state index in [2.05, 4.69) is 0 Å². The highest BCUT2D eigenvalue weighted by atomic mass is 19.1. The maximum Gasteiger partial charge on any atom is 0.338 e. The van der Waals surface area contributed by atoms with Gasteiger partial charge in [-0.2, -0.15) is 0 Å². The maximum atomic E-state index is 13.9. The van der Waals surface area contributed by atoms with Crippen molar-refractivity contribution in [1.29, 1.82) is 0 Å². The Kier molecular flexibility index (Phi) is 4.11. The molecule has 6 nitrogen and oxygen atoms in total. The molecule has 0 saturated carbocycles. The smallest absolute Gasteiger partial charge is 0.338 e. The van der Waals surface area contributed by atoms with E-state index in [9.17, 15) is 19.3 Å². The standard InChI is InChI=1S/C14H17FN2O4/c1-8-4-3-5-9(2)16(8)12-7-11(15)10(14(18)19)6-13(12)17(20)21/h6-9H,3-5H2,1-2H3,(H,18,19). The summed E-state index contributed by atoms with van der Waals surface area (Å²) in [6, 6.07) is 1.87. The minimum Gasteiger partial charge on any atom is -0.478 e. The number of carbonyl (C=O) groups is 1. The highest BCUT2D eigenvalue weighted by Crippen LogP contribution is 2.37. The van der Waals surface area contributed by atoms with Crippen molar-refractivity contribution in [3.05, 3.63) is 33.6 Å². The number of nitro groups is 1. The predicted octanol–water partition coefficient (Wildman–Crippen LogP) is 3.20. The van der Waals surface area contributed by atoms with Gasteiger partial charge in [-0.1, -0.05) is 0 Å². The van der Waals surface area contributed by atoms with Crippen molar-refractivity contribution < 1.29 is 19.2 Å². The fourth-order valence-electron chi connectivity index (χ4n) is 2.96. The van der Waals surface area contributed by atoms with Crippen molar-refractivity contribution in [2.45, 2.75) is 45.2 Å². The quantitative estimate of drug-likeness (QED) is 0.684. The van der Waals surface area contributed by atoms with Crippen LogP contribution in [0.5, 0.6) is 0 Å². The lowest BCUT2D eigenvalue weighted by atomic mass is 9.96. The molecule has 0 aromatic heterocycles. The first kappa shape index (κ1) is 15.2. The van der Waals surface area contributed by atoms with Gasteiger partial charge in [0.2, 0.25) is 0 Å². The first-order chi connectivity index (χ1) is 9.82. The summed E-state index contributed by atoms with van der Waals surface area (Å²) < 4.78 is 13.9. The SMILES string of the molecule is CC1CCCC(C)N1c1cc(F)c(C(=O)O)cc1[N+](=O)[O-]. The van der Waals surface area contributed by atoms with Gasteiger partial charge in [0.05, 0.1) is 4.92 Å². The number of hydrogen-bond donors (Lipinski definition) is 1. The number of aromatic carboxylic acids is 1. The second kappa shape index (κ2) is 5.67. The van der Waals surface area contributed by atoms with Crippen molar-refractivity contribution >= 4 is 17.3 Å². The molecule has 1 aromatic carbocycles. The normalized spacial score (nSPS) is 22.1. The summed E-state index contributed by atoms with van der Waals surface area (Å²) >= 11 is 0. The predicted molar refractivity (Wildman–Crippen MR) is 75.3 cm³/mol. The Balaban J connectivity index is 2.59. The van der Waals surface area contributed by atoms with Crippen LogP contribution in [0, 0.1) is 15.9 Å². The number of rotatable bonds is 3. The third-order valence-electron chi connectivity index (χ3n) is 3.96. The summed E-state index contributed by atoms with van der Waals surface area (Å²) in [5.74, 6) is -2.46. The molecule has 1 aromatic rings. The highest BCUT2D eigenvalue weighted by Gasteiger charge is 2.32. The van der Waals surface area contributed by atoms with Crippen LogP contribution < -0.4 is 4.90 Å². The number of nitro benzene ring substituents is 1. The summed E-state index contributed by atoms with van der Waals surface area (Å²) in [6.07, 6.45) is 2.75. The van der Waals surface area contributed by atoms with Crippen LogP contribution in [0.15, 0.2) is 12.1 Å². The Bertz CT molecular complexity index is 581. The highest BCUT2D eigenvalue weighted by molar-refractivity contribution is 5.90. The van der Waals surface area contributed by atoms with Gasteiger partial charge in [0.15, 0.2) is 0 Å². The molecule has 1 fully saturated rings. The molecule has 7 heteroatoms. The van der Waals surface area contributed by atoms with Gasteiger partial charge in [0, 0.05) is 24.2 Å². The molecule has 0 bridgehead atoms. The van der Waals surface area contributed by atoms with E-state index in [4.69, 9.17) is 5.11 Å². The van der Waals surface area contributed by atoms with Gasteiger partial charge in [-0.3, -0.25) is 10.1 Å². The number of nitrogens with zero attached hydrogens (tertiary/aromatic N) is 2. The number of benzene rings is 1. The molecule has 1 N–H and O–H groups in total. The van der Waals surface area contributed by atoms with Crippen LogP contribution >= 0.6 is 0 Å². The van der Waals surface area contributed by atoms with Gasteiger partial charge in [-0.15, -0.1) is 0 Å². The molecule has 0 radical (unpaired) electrons. The Morgan fingerprint density at radius 2 is 1.95 bits per heavy atom. The van der Waals surface area contributed by atoms with E-state index >= 15 is 0 Å². The number of carboxylic acid groups (broad SMARTS) is 1. The van der Waals surface area contributed by atoms with E-state index in [1.54, 1.807) is 0 Å². The molecule has 1 saturated heterocycles. The topological polar surface area (TPSA) is 83.7 Å². The molecule has 1 aliphatic heterocycles. The first-order valence-corrected chi connectivity index (χ1v) is 6.82. The fraction of sp³-hybridized carbons (Fsp3) is 0.500. The average molecular weight is 296 g/mol. The molecule has 114 valence electrons. The van der Waals surface area contributed by atoms with Gasteiger partial charge >= 0.3 is 5.97 Å². The first-order valence-electron chi connectivity index (χ1n) is 6.82. The van der Waals surface area contributed by atoms with Crippen LogP contribution in [0.25, 0.3) is 0 Å². The summed E-state index contributed by atoms with van der Waals surface area (Å²) in [4.78, 5) is 23.3. The molecule has 0 amide bonds. The van der Waals surface area contributed by atoms with Crippen molar-refractivity contribution in [2.75, 3.05) is 4.90 Å². The minimum atomic E-state index is -1.51. The van der Waals surface area contributed by atoms with Crippen LogP contribution in [0.3, 0.4) is 0 Å². The molecule has 0 spiro atoms. The van der Waals surface area contributed by atoms with Gasteiger partial charge < -0.3 is 10.0 Å². The van der Waals surface area contributed by atoms with Gasteiger partial charge in [0.1, 0.15) is 17.1 Å². The summed E-state index contributed by atoms with van der Waals surface area (Å²) in [5, 5.41) is 20.1. The van der Waals surface area contributed by atoms with Crippen molar-refractivity contribution in [3.63, 3.8) is 0 Å². The summed E-state index contributed by atoms with van der Waals surface area (Å²) in [6.45, 7) is 3.87. The van der Waals surface area contributed by atoms with E-state index < -0.39 is 22.3 Å². The molecule has 0 aliphatic carbocycles. The molecule has 1 aliphatic rings. The number of piperidine rings is 1. The molecule has 2 rings (SSSR count). The fourth-order valence-corrected chi connectivity index (χ4v) is 2.96. The molecule has 2 unspecified atom stereocenters. The van der Waals surface area contributed by atoms with Crippen molar-refractivity contribution in [3.8, 4) is 0 Å². The third-order valence-corrected chi connectivity index (χ3v) is 3.96. The Morgan fingerprint density at radius 1 is 1.38 bits per heavy atom. The lowest BCUT2D eigenvalue weighted by Crippen LogP contribution is -2.44. The number of anilines is 1. The lowest BCUT2D eigenvalue weighted by molar-refractivity contribution is -0.384. The van der Waals surface area contributed by atoms with Crippen LogP contribution in [-0.2, 0) is 0 Å². The van der Waals surface area contributed by atoms with Gasteiger partial charge in [-0.25, -0.2) is 9.18 Å². The minimum absolute atomic E-state index is 0.0440. The number of halogens is 1. The van der Waals surface area contributed by atoms with Gasteiger partial charge in [-0.05, 0) is 33.1 Å². The van der Waals surface area contributed by atoms with Crippen LogP contribution in [0.4, 0.5) is 15.8 Å². The summed E-state index contributed by atoms with van der Waals surface area (Å²) in [7, 11) is 0. The van der Waals surface area contributed by atoms with Crippen LogP contribution in [0.1, 0.15) is 43.5 Å². The lowest BCUT2D eigenvalue weighted by Gasteiger charge is -2.40. The second-order valence-electron chi connectivity index (χ2n) is 5.42. The maximum absolute atomic E-state index is 13.9. The molecule has 2 atom stereocenters. The Hall–Kier alpha value is -2.18. The summed E-state index contributed by atoms with van der Waals surface area (Å²) in [5.41, 5.74) is -0.889. The van der Waals surface area contributed by atoms with E-state index in [-0.39, 0.29) is 23.5 Å². The number of hydrogen-bond acceptors (Lipinski definition) is 4. The molecule has 1 heterocycles. The molecular weight excluding hydrogens is 279 g/mol. The Morgan fingerprint density at radius 3 is 2.43 bits per heavy atom. The van der Waals surface area contributed by atoms with Crippen LogP contribution in [0.2, 0.25) is 0 Å². The third kappa shape index (κ3) is 2.81. The zero-order valence-electron chi connectivity index (χ0n) is 11.9. The molecular formula is C14H17FN2O4. The average Bonchev–Trinajstić information content (AvgIpc) is 2.37. The van der Waals surface area contributed by atoms with Crippen molar-refractivity contribution in [1.82, 2.24) is 0 Å². The monoisotopic (exact) mass is 296 g/mol. The van der Waals surface area contributed by atoms with Gasteiger partial charge in [0.25, 0.3) is 5.69 Å². The zero-order chi connectivity index (χ0) is 15.7. The van der Waals surface area contributed by atoms with E-state index in [0.29, 0.717) is 0 Å². The number of carboxylic acids is 1. The Labute approximate surface area is 121 Å². The molecule has 21 heavy (non-hydrogen) atoms.